The molecule has 66 heavy (non-hydrogen) atoms. The summed E-state index contributed by atoms with van der Waals surface area (Å²) in [7, 11) is 0. The minimum atomic E-state index is 0.608. The van der Waals surface area contributed by atoms with E-state index in [9.17, 15) is 0 Å². The normalized spacial score (nSPS) is 11.6. The first-order chi connectivity index (χ1) is 32.3. The summed E-state index contributed by atoms with van der Waals surface area (Å²) in [6.07, 6.45) is 0. The SMILES string of the molecule is Cc1ccc(-c2ccc3c(c2)c2cc(-c4ccc(C)cc4C)ccc2n3-c2ccc(-c3ccc4c(c3)sc3ccccc34)cc2-c2nc(-c3ccccc3)nc(-c3ccccc3)n2)c(C)c1. The fourth-order valence-electron chi connectivity index (χ4n) is 9.82. The predicted octanol–water partition coefficient (Wildman–Crippen LogP) is 16.6. The number of aromatic nitrogens is 4. The van der Waals surface area contributed by atoms with Gasteiger partial charge < -0.3 is 4.57 Å². The van der Waals surface area contributed by atoms with Crippen molar-refractivity contribution in [3.8, 4) is 73.2 Å². The highest BCUT2D eigenvalue weighted by atomic mass is 32.1. The summed E-state index contributed by atoms with van der Waals surface area (Å²) in [5.41, 5.74) is 18.1. The highest BCUT2D eigenvalue weighted by Gasteiger charge is 2.22. The van der Waals surface area contributed by atoms with E-state index in [-0.39, 0.29) is 0 Å². The number of nitrogens with zero attached hydrogens (tertiary/aromatic N) is 4. The second-order valence-electron chi connectivity index (χ2n) is 17.5. The summed E-state index contributed by atoms with van der Waals surface area (Å²) in [5.74, 6) is 1.86. The van der Waals surface area contributed by atoms with E-state index < -0.39 is 0 Å². The quantitative estimate of drug-likeness (QED) is 0.160. The fraction of sp³-hybridized carbons (Fsp3) is 0.0656. The summed E-state index contributed by atoms with van der Waals surface area (Å²) in [6, 6.07) is 70.2. The Morgan fingerprint density at radius 1 is 0.333 bits per heavy atom. The molecule has 3 aromatic heterocycles. The molecule has 0 aliphatic carbocycles. The van der Waals surface area contributed by atoms with Crippen molar-refractivity contribution in [1.82, 2.24) is 19.5 Å². The number of aryl methyl sites for hydroxylation is 4. The number of benzene rings is 9. The molecule has 0 fully saturated rings. The summed E-state index contributed by atoms with van der Waals surface area (Å²) < 4.78 is 4.98. The van der Waals surface area contributed by atoms with E-state index in [2.05, 4.69) is 190 Å². The molecule has 314 valence electrons. The molecule has 0 radical (unpaired) electrons. The average molecular weight is 865 g/mol. The number of rotatable bonds is 7. The van der Waals surface area contributed by atoms with Crippen LogP contribution in [0.4, 0.5) is 0 Å². The van der Waals surface area contributed by atoms with Crippen LogP contribution in [0.5, 0.6) is 0 Å². The Kier molecular flexibility index (Phi) is 9.55. The lowest BCUT2D eigenvalue weighted by Gasteiger charge is -2.17. The van der Waals surface area contributed by atoms with Crippen LogP contribution < -0.4 is 0 Å². The van der Waals surface area contributed by atoms with Crippen LogP contribution in [0, 0.1) is 27.7 Å². The monoisotopic (exact) mass is 864 g/mol. The van der Waals surface area contributed by atoms with Crippen LogP contribution in [0.3, 0.4) is 0 Å². The van der Waals surface area contributed by atoms with E-state index in [0.29, 0.717) is 17.5 Å². The zero-order chi connectivity index (χ0) is 44.5. The minimum Gasteiger partial charge on any atom is -0.308 e. The van der Waals surface area contributed by atoms with Gasteiger partial charge in [-0.2, -0.15) is 0 Å². The molecular weight excluding hydrogens is 821 g/mol. The van der Waals surface area contributed by atoms with Crippen molar-refractivity contribution in [2.24, 2.45) is 0 Å². The van der Waals surface area contributed by atoms with Crippen molar-refractivity contribution in [3.05, 3.63) is 216 Å². The largest absolute Gasteiger partial charge is 0.308 e. The zero-order valence-electron chi connectivity index (χ0n) is 37.2. The first-order valence-electron chi connectivity index (χ1n) is 22.5. The summed E-state index contributed by atoms with van der Waals surface area (Å²) in [6.45, 7) is 8.74. The molecule has 0 spiro atoms. The third-order valence-corrected chi connectivity index (χ3v) is 14.2. The van der Waals surface area contributed by atoms with E-state index >= 15 is 0 Å². The van der Waals surface area contributed by atoms with Gasteiger partial charge in [0.15, 0.2) is 17.5 Å². The van der Waals surface area contributed by atoms with Gasteiger partial charge in [0.25, 0.3) is 0 Å². The Labute approximate surface area is 388 Å². The molecule has 5 heteroatoms. The molecule has 0 atom stereocenters. The van der Waals surface area contributed by atoms with Gasteiger partial charge in [-0.3, -0.25) is 0 Å². The van der Waals surface area contributed by atoms with Crippen molar-refractivity contribution >= 4 is 53.3 Å². The predicted molar refractivity (Wildman–Crippen MR) is 279 cm³/mol. The van der Waals surface area contributed by atoms with Gasteiger partial charge in [-0.05, 0) is 121 Å². The van der Waals surface area contributed by atoms with Crippen molar-refractivity contribution in [2.75, 3.05) is 0 Å². The standard InChI is InChI=1S/C61H44N4S/c1-37-19-25-47(39(3)31-37)45-23-29-54-51(34-45)52-35-46(48-26-20-38(2)32-40(48)4)24-30-55(52)65(54)56-28-22-43(44-21-27-50-49-17-11-12-18-57(49)66-58(50)36-44)33-53(56)61-63-59(41-13-7-5-8-14-41)62-60(64-61)42-15-9-6-10-16-42/h5-36H,1-4H3. The number of hydrogen-bond acceptors (Lipinski definition) is 4. The van der Waals surface area contributed by atoms with Crippen LogP contribution in [0.2, 0.25) is 0 Å². The van der Waals surface area contributed by atoms with Gasteiger partial charge in [0.2, 0.25) is 0 Å². The number of thiophene rings is 1. The van der Waals surface area contributed by atoms with Crippen LogP contribution >= 0.6 is 11.3 Å². The molecule has 3 heterocycles. The molecule has 12 aromatic rings. The topological polar surface area (TPSA) is 43.6 Å². The van der Waals surface area contributed by atoms with Gasteiger partial charge in [-0.25, -0.2) is 15.0 Å². The Balaban J connectivity index is 1.14. The van der Waals surface area contributed by atoms with Gasteiger partial charge in [0.1, 0.15) is 0 Å². The van der Waals surface area contributed by atoms with E-state index in [1.807, 2.05) is 47.7 Å². The Hall–Kier alpha value is -7.99. The Bertz CT molecular complexity index is 3700. The smallest absolute Gasteiger partial charge is 0.166 e. The summed E-state index contributed by atoms with van der Waals surface area (Å²) in [5, 5.41) is 4.94. The fourth-order valence-corrected chi connectivity index (χ4v) is 11.0. The second kappa shape index (κ2) is 15.9. The van der Waals surface area contributed by atoms with E-state index in [4.69, 9.17) is 15.0 Å². The van der Waals surface area contributed by atoms with Crippen molar-refractivity contribution < 1.29 is 0 Å². The summed E-state index contributed by atoms with van der Waals surface area (Å²) >= 11 is 1.84. The van der Waals surface area contributed by atoms with E-state index in [0.717, 1.165) is 44.5 Å². The molecule has 0 saturated heterocycles. The van der Waals surface area contributed by atoms with Gasteiger partial charge in [-0.15, -0.1) is 11.3 Å². The highest BCUT2D eigenvalue weighted by Crippen LogP contribution is 2.43. The zero-order valence-corrected chi connectivity index (χ0v) is 38.0. The maximum atomic E-state index is 5.35. The van der Waals surface area contributed by atoms with Crippen LogP contribution in [0.1, 0.15) is 22.3 Å². The van der Waals surface area contributed by atoms with E-state index in [1.54, 1.807) is 0 Å². The molecular formula is C61H44N4S. The second-order valence-corrected chi connectivity index (χ2v) is 18.6. The molecule has 0 unspecified atom stereocenters. The van der Waals surface area contributed by atoms with Crippen molar-refractivity contribution in [2.45, 2.75) is 27.7 Å². The Morgan fingerprint density at radius 3 is 1.42 bits per heavy atom. The van der Waals surface area contributed by atoms with Gasteiger partial charge >= 0.3 is 0 Å². The Morgan fingerprint density at radius 2 is 0.833 bits per heavy atom. The molecule has 9 aromatic carbocycles. The minimum absolute atomic E-state index is 0.608. The first-order valence-corrected chi connectivity index (χ1v) is 23.3. The van der Waals surface area contributed by atoms with Crippen LogP contribution in [-0.2, 0) is 0 Å². The average Bonchev–Trinajstić information content (AvgIpc) is 3.89. The number of hydrogen-bond donors (Lipinski definition) is 0. The van der Waals surface area contributed by atoms with Gasteiger partial charge in [0, 0.05) is 47.6 Å². The van der Waals surface area contributed by atoms with E-state index in [1.165, 1.54) is 75.5 Å². The lowest BCUT2D eigenvalue weighted by Crippen LogP contribution is -2.04. The molecule has 0 aliphatic heterocycles. The van der Waals surface area contributed by atoms with Crippen molar-refractivity contribution in [1.29, 1.82) is 0 Å². The van der Waals surface area contributed by atoms with Crippen molar-refractivity contribution in [3.63, 3.8) is 0 Å². The molecule has 0 N–H and O–H groups in total. The van der Waals surface area contributed by atoms with Gasteiger partial charge in [-0.1, -0.05) is 157 Å². The lowest BCUT2D eigenvalue weighted by molar-refractivity contribution is 1.06. The maximum absolute atomic E-state index is 5.35. The molecule has 0 aliphatic rings. The lowest BCUT2D eigenvalue weighted by atomic mass is 9.95. The molecule has 0 amide bonds. The third-order valence-electron chi connectivity index (χ3n) is 13.0. The van der Waals surface area contributed by atoms with Crippen LogP contribution in [0.15, 0.2) is 194 Å². The molecule has 0 bridgehead atoms. The molecule has 4 nitrogen and oxygen atoms in total. The van der Waals surface area contributed by atoms with Gasteiger partial charge in [0.05, 0.1) is 16.7 Å². The van der Waals surface area contributed by atoms with Crippen LogP contribution in [0.25, 0.3) is 115 Å². The molecule has 0 saturated carbocycles. The summed E-state index contributed by atoms with van der Waals surface area (Å²) in [4.78, 5) is 15.8. The number of fused-ring (bicyclic) bond motifs is 6. The maximum Gasteiger partial charge on any atom is 0.166 e. The third kappa shape index (κ3) is 6.88. The molecule has 12 rings (SSSR count). The first kappa shape index (κ1) is 39.6. The van der Waals surface area contributed by atoms with Crippen LogP contribution in [-0.4, -0.2) is 19.5 Å². The highest BCUT2D eigenvalue weighted by molar-refractivity contribution is 7.25.